The molecule has 6 nitrogen and oxygen atoms in total. The number of urea groups is 1. The lowest BCUT2D eigenvalue weighted by Gasteiger charge is -2.37. The van der Waals surface area contributed by atoms with Crippen LogP contribution in [0.2, 0.25) is 0 Å². The fraction of sp³-hybridized carbons (Fsp3) is 0.600. The summed E-state index contributed by atoms with van der Waals surface area (Å²) < 4.78 is 5.34. The molecule has 1 aliphatic heterocycles. The number of nitrogens with zero attached hydrogens (tertiary/aromatic N) is 2. The van der Waals surface area contributed by atoms with Crippen LogP contribution in [0.25, 0.3) is 0 Å². The molecule has 1 aliphatic carbocycles. The lowest BCUT2D eigenvalue weighted by molar-refractivity contribution is -0.137. The Morgan fingerprint density at radius 3 is 2.35 bits per heavy atom. The van der Waals surface area contributed by atoms with Gasteiger partial charge in [0.05, 0.1) is 12.8 Å². The molecule has 0 aromatic heterocycles. The molecule has 26 heavy (non-hydrogen) atoms. The van der Waals surface area contributed by atoms with Gasteiger partial charge in [0.2, 0.25) is 5.91 Å². The smallest absolute Gasteiger partial charge is 0.322 e. The Kier molecular flexibility index (Phi) is 6.01. The second kappa shape index (κ2) is 8.43. The van der Waals surface area contributed by atoms with Gasteiger partial charge in [0.25, 0.3) is 0 Å². The average molecular weight is 359 g/mol. The predicted molar refractivity (Wildman–Crippen MR) is 101 cm³/mol. The zero-order chi connectivity index (χ0) is 18.5. The van der Waals surface area contributed by atoms with E-state index in [9.17, 15) is 9.59 Å². The van der Waals surface area contributed by atoms with Crippen molar-refractivity contribution in [3.8, 4) is 5.75 Å². The minimum absolute atomic E-state index is 0.142. The van der Waals surface area contributed by atoms with E-state index >= 15 is 0 Å². The number of nitrogens with one attached hydrogen (secondary N) is 1. The van der Waals surface area contributed by atoms with Gasteiger partial charge in [0.15, 0.2) is 0 Å². The Balaban J connectivity index is 1.53. The standard InChI is InChI=1S/C20H29N3O3/c1-15-8-9-17(18(14-15)26-2)21-20(25)23-12-10-22(11-13-23)19(24)16-6-4-3-5-7-16/h8-9,14,16H,3-7,10-13H2,1-2H3,(H,21,25). The van der Waals surface area contributed by atoms with Crippen LogP contribution in [0.15, 0.2) is 18.2 Å². The van der Waals surface area contributed by atoms with E-state index in [2.05, 4.69) is 5.32 Å². The predicted octanol–water partition coefficient (Wildman–Crippen LogP) is 3.26. The molecule has 6 heteroatoms. The number of hydrogen-bond acceptors (Lipinski definition) is 3. The molecule has 2 fully saturated rings. The average Bonchev–Trinajstić information content (AvgIpc) is 2.69. The molecule has 1 saturated carbocycles. The second-order valence-electron chi connectivity index (χ2n) is 7.28. The van der Waals surface area contributed by atoms with Crippen LogP contribution in [-0.2, 0) is 4.79 Å². The fourth-order valence-electron chi connectivity index (χ4n) is 3.83. The van der Waals surface area contributed by atoms with Gasteiger partial charge in [-0.2, -0.15) is 0 Å². The van der Waals surface area contributed by atoms with Crippen LogP contribution in [0.1, 0.15) is 37.7 Å². The van der Waals surface area contributed by atoms with E-state index in [0.29, 0.717) is 37.6 Å². The first-order valence-corrected chi connectivity index (χ1v) is 9.58. The third-order valence-corrected chi connectivity index (χ3v) is 5.43. The number of piperazine rings is 1. The van der Waals surface area contributed by atoms with E-state index in [-0.39, 0.29) is 17.9 Å². The fourth-order valence-corrected chi connectivity index (χ4v) is 3.83. The SMILES string of the molecule is COc1cc(C)ccc1NC(=O)N1CCN(C(=O)C2CCCCC2)CC1. The number of amides is 3. The normalized spacial score (nSPS) is 18.5. The van der Waals surface area contributed by atoms with Gasteiger partial charge in [-0.15, -0.1) is 0 Å². The lowest BCUT2D eigenvalue weighted by Crippen LogP contribution is -2.53. The van der Waals surface area contributed by atoms with Crippen molar-refractivity contribution >= 4 is 17.6 Å². The maximum atomic E-state index is 12.6. The zero-order valence-corrected chi connectivity index (χ0v) is 15.8. The molecular formula is C20H29N3O3. The molecular weight excluding hydrogens is 330 g/mol. The van der Waals surface area contributed by atoms with Gasteiger partial charge in [-0.25, -0.2) is 4.79 Å². The summed E-state index contributed by atoms with van der Waals surface area (Å²) in [5.41, 5.74) is 1.75. The van der Waals surface area contributed by atoms with E-state index in [0.717, 1.165) is 31.2 Å². The van der Waals surface area contributed by atoms with Crippen molar-refractivity contribution < 1.29 is 14.3 Å². The molecule has 3 amide bonds. The highest BCUT2D eigenvalue weighted by molar-refractivity contribution is 5.91. The molecule has 1 aromatic carbocycles. The number of methoxy groups -OCH3 is 1. The van der Waals surface area contributed by atoms with E-state index in [1.165, 1.54) is 6.42 Å². The summed E-state index contributed by atoms with van der Waals surface area (Å²) >= 11 is 0. The molecule has 0 bridgehead atoms. The Bertz CT molecular complexity index is 648. The monoisotopic (exact) mass is 359 g/mol. The molecule has 1 N–H and O–H groups in total. The summed E-state index contributed by atoms with van der Waals surface area (Å²) in [6.45, 7) is 4.36. The Morgan fingerprint density at radius 1 is 1.04 bits per heavy atom. The summed E-state index contributed by atoms with van der Waals surface area (Å²) in [7, 11) is 1.60. The lowest BCUT2D eigenvalue weighted by atomic mass is 9.88. The van der Waals surface area contributed by atoms with Crippen LogP contribution in [0.4, 0.5) is 10.5 Å². The van der Waals surface area contributed by atoms with Gasteiger partial charge in [0, 0.05) is 32.1 Å². The van der Waals surface area contributed by atoms with Crippen molar-refractivity contribution in [1.29, 1.82) is 0 Å². The number of anilines is 1. The number of benzene rings is 1. The van der Waals surface area contributed by atoms with Crippen LogP contribution >= 0.6 is 0 Å². The first kappa shape index (κ1) is 18.5. The number of hydrogen-bond donors (Lipinski definition) is 1. The van der Waals surface area contributed by atoms with E-state index in [1.807, 2.05) is 30.0 Å². The van der Waals surface area contributed by atoms with Crippen molar-refractivity contribution in [2.45, 2.75) is 39.0 Å². The van der Waals surface area contributed by atoms with Crippen LogP contribution < -0.4 is 10.1 Å². The summed E-state index contributed by atoms with van der Waals surface area (Å²) in [6, 6.07) is 5.56. The van der Waals surface area contributed by atoms with Crippen molar-refractivity contribution in [2.24, 2.45) is 5.92 Å². The first-order chi connectivity index (χ1) is 12.6. The summed E-state index contributed by atoms with van der Waals surface area (Å²) in [5.74, 6) is 1.13. The largest absolute Gasteiger partial charge is 0.495 e. The number of aryl methyl sites for hydroxylation is 1. The minimum atomic E-state index is -0.142. The van der Waals surface area contributed by atoms with Crippen LogP contribution in [0, 0.1) is 12.8 Å². The molecule has 1 aromatic rings. The number of carbonyl (C=O) groups is 2. The van der Waals surface area contributed by atoms with Gasteiger partial charge in [0.1, 0.15) is 5.75 Å². The zero-order valence-electron chi connectivity index (χ0n) is 15.8. The molecule has 1 heterocycles. The molecule has 3 rings (SSSR count). The maximum absolute atomic E-state index is 12.6. The summed E-state index contributed by atoms with van der Waals surface area (Å²) in [6.07, 6.45) is 5.62. The van der Waals surface area contributed by atoms with E-state index in [1.54, 1.807) is 12.0 Å². The van der Waals surface area contributed by atoms with Crippen molar-refractivity contribution in [3.05, 3.63) is 23.8 Å². The highest BCUT2D eigenvalue weighted by atomic mass is 16.5. The molecule has 142 valence electrons. The third kappa shape index (κ3) is 4.29. The Labute approximate surface area is 155 Å². The molecule has 0 atom stereocenters. The minimum Gasteiger partial charge on any atom is -0.495 e. The van der Waals surface area contributed by atoms with Gasteiger partial charge < -0.3 is 19.9 Å². The van der Waals surface area contributed by atoms with E-state index < -0.39 is 0 Å². The third-order valence-electron chi connectivity index (χ3n) is 5.43. The first-order valence-electron chi connectivity index (χ1n) is 9.58. The van der Waals surface area contributed by atoms with Crippen molar-refractivity contribution in [3.63, 3.8) is 0 Å². The van der Waals surface area contributed by atoms with Gasteiger partial charge >= 0.3 is 6.03 Å². The van der Waals surface area contributed by atoms with Crippen molar-refractivity contribution in [2.75, 3.05) is 38.6 Å². The van der Waals surface area contributed by atoms with Crippen LogP contribution in [0.5, 0.6) is 5.75 Å². The van der Waals surface area contributed by atoms with Crippen molar-refractivity contribution in [1.82, 2.24) is 9.80 Å². The molecule has 0 radical (unpaired) electrons. The summed E-state index contributed by atoms with van der Waals surface area (Å²) in [5, 5.41) is 2.92. The topological polar surface area (TPSA) is 61.9 Å². The van der Waals surface area contributed by atoms with Crippen LogP contribution in [0.3, 0.4) is 0 Å². The second-order valence-corrected chi connectivity index (χ2v) is 7.28. The highest BCUT2D eigenvalue weighted by Gasteiger charge is 2.29. The van der Waals surface area contributed by atoms with Gasteiger partial charge in [-0.05, 0) is 37.5 Å². The Hall–Kier alpha value is -2.24. The number of ether oxygens (including phenoxy) is 1. The molecule has 0 unspecified atom stereocenters. The summed E-state index contributed by atoms with van der Waals surface area (Å²) in [4.78, 5) is 28.9. The molecule has 0 spiro atoms. The van der Waals surface area contributed by atoms with Crippen LogP contribution in [-0.4, -0.2) is 55.0 Å². The van der Waals surface area contributed by atoms with Gasteiger partial charge in [-0.1, -0.05) is 25.3 Å². The molecule has 2 aliphatic rings. The van der Waals surface area contributed by atoms with E-state index in [4.69, 9.17) is 4.74 Å². The Morgan fingerprint density at radius 2 is 1.69 bits per heavy atom. The maximum Gasteiger partial charge on any atom is 0.322 e. The number of carbonyl (C=O) groups excluding carboxylic acids is 2. The quantitative estimate of drug-likeness (QED) is 0.901. The highest BCUT2D eigenvalue weighted by Crippen LogP contribution is 2.27. The van der Waals surface area contributed by atoms with Gasteiger partial charge in [-0.3, -0.25) is 4.79 Å². The molecule has 1 saturated heterocycles. The number of rotatable bonds is 3.